The molecular formula is C23H28N4O2. The number of aromatic nitrogens is 2. The van der Waals surface area contributed by atoms with Crippen LogP contribution in [0.2, 0.25) is 0 Å². The third kappa shape index (κ3) is 5.22. The summed E-state index contributed by atoms with van der Waals surface area (Å²) in [5.41, 5.74) is 2.61. The van der Waals surface area contributed by atoms with Crippen molar-refractivity contribution in [2.75, 3.05) is 6.54 Å². The van der Waals surface area contributed by atoms with E-state index in [0.29, 0.717) is 12.1 Å². The number of carbonyl (C=O) groups excluding carboxylic acids is 2. The number of nitrogens with one attached hydrogen (secondary N) is 2. The van der Waals surface area contributed by atoms with E-state index in [0.717, 1.165) is 30.4 Å². The average Bonchev–Trinajstić information content (AvgIpc) is 3.18. The van der Waals surface area contributed by atoms with E-state index >= 15 is 0 Å². The molecule has 0 saturated heterocycles. The molecule has 1 aromatic heterocycles. The van der Waals surface area contributed by atoms with Crippen molar-refractivity contribution in [3.8, 4) is 0 Å². The summed E-state index contributed by atoms with van der Waals surface area (Å²) in [6, 6.07) is 16.4. The zero-order chi connectivity index (χ0) is 20.6. The number of benzene rings is 2. The molecule has 0 spiro atoms. The van der Waals surface area contributed by atoms with Gasteiger partial charge in [-0.2, -0.15) is 0 Å². The normalized spacial score (nSPS) is 13.0. The van der Waals surface area contributed by atoms with E-state index in [-0.39, 0.29) is 17.7 Å². The predicted octanol–water partition coefficient (Wildman–Crippen LogP) is 3.39. The fourth-order valence-electron chi connectivity index (χ4n) is 3.28. The number of amides is 2. The zero-order valence-corrected chi connectivity index (χ0v) is 17.0. The molecule has 0 fully saturated rings. The largest absolute Gasteiger partial charge is 0.354 e. The zero-order valence-electron chi connectivity index (χ0n) is 17.0. The van der Waals surface area contributed by atoms with E-state index in [1.54, 1.807) is 12.1 Å². The number of hydrogen-bond donors (Lipinski definition) is 2. The van der Waals surface area contributed by atoms with Gasteiger partial charge >= 0.3 is 0 Å². The summed E-state index contributed by atoms with van der Waals surface area (Å²) in [7, 11) is 0. The fourth-order valence-corrected chi connectivity index (χ4v) is 3.28. The molecule has 6 nitrogen and oxygen atoms in total. The Balaban J connectivity index is 1.53. The van der Waals surface area contributed by atoms with Crippen LogP contribution in [0.3, 0.4) is 0 Å². The molecule has 0 aliphatic heterocycles. The maximum absolute atomic E-state index is 12.7. The molecule has 3 rings (SSSR count). The second-order valence-electron chi connectivity index (χ2n) is 7.27. The number of fused-ring (bicyclic) bond motifs is 1. The third-order valence-electron chi connectivity index (χ3n) is 5.22. The van der Waals surface area contributed by atoms with E-state index in [1.807, 2.05) is 62.6 Å². The SMILES string of the molecule is CC[C@H](C)[C@H](NC(=O)c1ccccc1)C(=O)NCCCn1cnc2ccccc21. The summed E-state index contributed by atoms with van der Waals surface area (Å²) < 4.78 is 2.09. The highest BCUT2D eigenvalue weighted by Crippen LogP contribution is 2.12. The lowest BCUT2D eigenvalue weighted by atomic mass is 9.97. The molecule has 1 heterocycles. The van der Waals surface area contributed by atoms with Crippen molar-refractivity contribution in [3.05, 3.63) is 66.5 Å². The molecule has 6 heteroatoms. The monoisotopic (exact) mass is 392 g/mol. The smallest absolute Gasteiger partial charge is 0.251 e. The Morgan fingerprint density at radius 3 is 2.55 bits per heavy atom. The van der Waals surface area contributed by atoms with E-state index < -0.39 is 6.04 Å². The first-order valence-electron chi connectivity index (χ1n) is 10.1. The Labute approximate surface area is 171 Å². The van der Waals surface area contributed by atoms with Gasteiger partial charge < -0.3 is 15.2 Å². The molecule has 0 bridgehead atoms. The van der Waals surface area contributed by atoms with Crippen LogP contribution in [0.25, 0.3) is 11.0 Å². The van der Waals surface area contributed by atoms with Gasteiger partial charge in [-0.05, 0) is 36.6 Å². The highest BCUT2D eigenvalue weighted by Gasteiger charge is 2.25. The first-order valence-corrected chi connectivity index (χ1v) is 10.1. The minimum absolute atomic E-state index is 0.0419. The second-order valence-corrected chi connectivity index (χ2v) is 7.27. The van der Waals surface area contributed by atoms with Gasteiger partial charge in [0.05, 0.1) is 17.4 Å². The maximum atomic E-state index is 12.7. The Hall–Kier alpha value is -3.15. The molecule has 2 atom stereocenters. The van der Waals surface area contributed by atoms with E-state index in [2.05, 4.69) is 20.2 Å². The van der Waals surface area contributed by atoms with E-state index in [4.69, 9.17) is 0 Å². The standard InChI is InChI=1S/C23H28N4O2/c1-3-17(2)21(26-22(28)18-10-5-4-6-11-18)23(29)24-14-9-15-27-16-25-19-12-7-8-13-20(19)27/h4-8,10-13,16-17,21H,3,9,14-15H2,1-2H3,(H,24,29)(H,26,28)/t17-,21-/m0/s1. The molecule has 2 N–H and O–H groups in total. The summed E-state index contributed by atoms with van der Waals surface area (Å²) in [6.45, 7) is 5.31. The molecule has 29 heavy (non-hydrogen) atoms. The molecule has 0 radical (unpaired) electrons. The average molecular weight is 393 g/mol. The third-order valence-corrected chi connectivity index (χ3v) is 5.22. The number of hydrogen-bond acceptors (Lipinski definition) is 3. The van der Waals surface area contributed by atoms with Crippen LogP contribution < -0.4 is 10.6 Å². The predicted molar refractivity (Wildman–Crippen MR) is 115 cm³/mol. The van der Waals surface area contributed by atoms with Crippen LogP contribution in [-0.4, -0.2) is 34.0 Å². The fraction of sp³-hybridized carbons (Fsp3) is 0.348. The summed E-state index contributed by atoms with van der Waals surface area (Å²) in [6.07, 6.45) is 3.41. The van der Waals surface area contributed by atoms with Gasteiger partial charge in [-0.1, -0.05) is 50.6 Å². The first kappa shape index (κ1) is 20.6. The summed E-state index contributed by atoms with van der Waals surface area (Å²) in [4.78, 5) is 29.6. The van der Waals surface area contributed by atoms with Gasteiger partial charge in [0, 0.05) is 18.7 Å². The van der Waals surface area contributed by atoms with Crippen molar-refractivity contribution in [3.63, 3.8) is 0 Å². The lowest BCUT2D eigenvalue weighted by molar-refractivity contribution is -0.124. The van der Waals surface area contributed by atoms with Crippen LogP contribution in [0.4, 0.5) is 0 Å². The van der Waals surface area contributed by atoms with Gasteiger partial charge in [0.1, 0.15) is 6.04 Å². The van der Waals surface area contributed by atoms with Crippen LogP contribution in [0.5, 0.6) is 0 Å². The van der Waals surface area contributed by atoms with Crippen molar-refractivity contribution in [2.45, 2.75) is 39.3 Å². The Morgan fingerprint density at radius 1 is 1.07 bits per heavy atom. The van der Waals surface area contributed by atoms with Gasteiger partial charge in [0.2, 0.25) is 5.91 Å². The van der Waals surface area contributed by atoms with Crippen molar-refractivity contribution in [1.29, 1.82) is 0 Å². The Bertz CT molecular complexity index is 952. The molecular weight excluding hydrogens is 364 g/mol. The molecule has 0 aliphatic carbocycles. The number of imidazole rings is 1. The van der Waals surface area contributed by atoms with Crippen LogP contribution in [0, 0.1) is 5.92 Å². The van der Waals surface area contributed by atoms with Crippen molar-refractivity contribution in [2.24, 2.45) is 5.92 Å². The molecule has 0 unspecified atom stereocenters. The van der Waals surface area contributed by atoms with E-state index in [1.165, 1.54) is 0 Å². The summed E-state index contributed by atoms with van der Waals surface area (Å²) in [5, 5.41) is 5.87. The van der Waals surface area contributed by atoms with Gasteiger partial charge in [-0.25, -0.2) is 4.98 Å². The quantitative estimate of drug-likeness (QED) is 0.548. The molecule has 3 aromatic rings. The highest BCUT2D eigenvalue weighted by atomic mass is 16.2. The van der Waals surface area contributed by atoms with Crippen molar-refractivity contribution >= 4 is 22.8 Å². The highest BCUT2D eigenvalue weighted by molar-refractivity contribution is 5.97. The van der Waals surface area contributed by atoms with Crippen molar-refractivity contribution < 1.29 is 9.59 Å². The van der Waals surface area contributed by atoms with Gasteiger partial charge in [-0.15, -0.1) is 0 Å². The van der Waals surface area contributed by atoms with Gasteiger partial charge in [0.15, 0.2) is 0 Å². The number of rotatable bonds is 9. The maximum Gasteiger partial charge on any atom is 0.251 e. The lowest BCUT2D eigenvalue weighted by Gasteiger charge is -2.23. The number of aryl methyl sites for hydroxylation is 1. The minimum atomic E-state index is -0.554. The Kier molecular flexibility index (Phi) is 7.00. The molecule has 2 amide bonds. The summed E-state index contributed by atoms with van der Waals surface area (Å²) in [5.74, 6) is -0.324. The first-order chi connectivity index (χ1) is 14.1. The number of para-hydroxylation sites is 2. The van der Waals surface area contributed by atoms with Crippen LogP contribution in [-0.2, 0) is 11.3 Å². The Morgan fingerprint density at radius 2 is 1.79 bits per heavy atom. The molecule has 2 aromatic carbocycles. The summed E-state index contributed by atoms with van der Waals surface area (Å²) >= 11 is 0. The molecule has 152 valence electrons. The van der Waals surface area contributed by atoms with Crippen LogP contribution in [0.1, 0.15) is 37.0 Å². The van der Waals surface area contributed by atoms with Crippen LogP contribution in [0.15, 0.2) is 60.9 Å². The van der Waals surface area contributed by atoms with Gasteiger partial charge in [-0.3, -0.25) is 9.59 Å². The van der Waals surface area contributed by atoms with E-state index in [9.17, 15) is 9.59 Å². The second kappa shape index (κ2) is 9.87. The number of nitrogens with zero attached hydrogens (tertiary/aromatic N) is 2. The topological polar surface area (TPSA) is 76.0 Å². The minimum Gasteiger partial charge on any atom is -0.354 e. The van der Waals surface area contributed by atoms with Crippen LogP contribution >= 0.6 is 0 Å². The lowest BCUT2D eigenvalue weighted by Crippen LogP contribution is -2.50. The van der Waals surface area contributed by atoms with Gasteiger partial charge in [0.25, 0.3) is 5.91 Å². The van der Waals surface area contributed by atoms with Crippen molar-refractivity contribution in [1.82, 2.24) is 20.2 Å². The molecule has 0 aliphatic rings. The molecule has 0 saturated carbocycles. The number of carbonyl (C=O) groups is 2.